The van der Waals surface area contributed by atoms with Crippen LogP contribution in [0, 0.1) is 0 Å². The van der Waals surface area contributed by atoms with Crippen LogP contribution in [-0.4, -0.2) is 63.2 Å². The third-order valence-corrected chi connectivity index (χ3v) is 9.04. The van der Waals surface area contributed by atoms with E-state index in [1.165, 1.54) is 30.5 Å². The topological polar surface area (TPSA) is 123 Å². The van der Waals surface area contributed by atoms with Gasteiger partial charge in [0.05, 0.1) is 15.5 Å². The van der Waals surface area contributed by atoms with E-state index in [1.54, 1.807) is 51.1 Å². The molecule has 3 aromatic rings. The second-order valence-electron chi connectivity index (χ2n) is 8.92. The lowest BCUT2D eigenvalue weighted by Gasteiger charge is -2.24. The molecule has 1 amide bonds. The summed E-state index contributed by atoms with van der Waals surface area (Å²) in [5.74, 6) is -0.449. The first-order valence-electron chi connectivity index (χ1n) is 11.1. The Balaban J connectivity index is 1.90. The van der Waals surface area contributed by atoms with E-state index >= 15 is 0 Å². The second kappa shape index (κ2) is 11.1. The van der Waals surface area contributed by atoms with Gasteiger partial charge in [0.25, 0.3) is 0 Å². The Hall–Kier alpha value is -2.73. The summed E-state index contributed by atoms with van der Waals surface area (Å²) in [5.41, 5.74) is -0.726. The Morgan fingerprint density at radius 2 is 1.67 bits per heavy atom. The highest BCUT2D eigenvalue weighted by Crippen LogP contribution is 2.29. The zero-order chi connectivity index (χ0) is 26.6. The van der Waals surface area contributed by atoms with Gasteiger partial charge in [-0.1, -0.05) is 41.9 Å². The van der Waals surface area contributed by atoms with E-state index in [-0.39, 0.29) is 34.6 Å². The Morgan fingerprint density at radius 1 is 0.972 bits per heavy atom. The van der Waals surface area contributed by atoms with Gasteiger partial charge in [0, 0.05) is 36.6 Å². The minimum absolute atomic E-state index is 0.0429. The number of pyridine rings is 1. The van der Waals surface area contributed by atoms with Crippen LogP contribution in [0.15, 0.2) is 70.6 Å². The maximum absolute atomic E-state index is 13.7. The standard InChI is InChI=1S/C24H28ClN3O6S2/c1-24(2,3)34-23(29)27-14-15-28(16-17-35(30,31)18-8-5-4-6-9-18)36(32,33)21-11-7-10-20-19(21)12-13-26-22(20)25/h4-13H,14-17H2,1-3H3,(H,27,29). The number of sulfone groups is 1. The predicted octanol–water partition coefficient (Wildman–Crippen LogP) is 3.88. The van der Waals surface area contributed by atoms with Gasteiger partial charge in [-0.25, -0.2) is 26.6 Å². The van der Waals surface area contributed by atoms with Gasteiger partial charge < -0.3 is 10.1 Å². The number of benzene rings is 2. The molecule has 0 aliphatic carbocycles. The second-order valence-corrected chi connectivity index (χ2v) is 13.3. The summed E-state index contributed by atoms with van der Waals surface area (Å²) in [5, 5.41) is 3.47. The van der Waals surface area contributed by atoms with Crippen molar-refractivity contribution in [2.75, 3.05) is 25.4 Å². The minimum Gasteiger partial charge on any atom is -0.444 e. The number of sulfonamides is 1. The van der Waals surface area contributed by atoms with E-state index in [0.29, 0.717) is 10.8 Å². The molecule has 2 aromatic carbocycles. The molecule has 1 heterocycles. The SMILES string of the molecule is CC(C)(C)OC(=O)NCCN(CCS(=O)(=O)c1ccccc1)S(=O)(=O)c1cccc2c(Cl)nccc12. The van der Waals surface area contributed by atoms with Crippen molar-refractivity contribution in [2.45, 2.75) is 36.2 Å². The number of amides is 1. The highest BCUT2D eigenvalue weighted by atomic mass is 35.5. The fourth-order valence-electron chi connectivity index (χ4n) is 3.42. The van der Waals surface area contributed by atoms with Crippen molar-refractivity contribution in [3.8, 4) is 0 Å². The summed E-state index contributed by atoms with van der Waals surface area (Å²) in [6.07, 6.45) is 0.692. The fourth-order valence-corrected chi connectivity index (χ4v) is 6.68. The first-order chi connectivity index (χ1) is 16.8. The van der Waals surface area contributed by atoms with Gasteiger partial charge in [0.2, 0.25) is 10.0 Å². The maximum atomic E-state index is 13.7. The predicted molar refractivity (Wildman–Crippen MR) is 138 cm³/mol. The van der Waals surface area contributed by atoms with Crippen LogP contribution in [0.3, 0.4) is 0 Å². The van der Waals surface area contributed by atoms with Crippen molar-refractivity contribution in [1.29, 1.82) is 0 Å². The largest absolute Gasteiger partial charge is 0.444 e. The van der Waals surface area contributed by atoms with Crippen LogP contribution in [0.4, 0.5) is 4.79 Å². The van der Waals surface area contributed by atoms with E-state index in [0.717, 1.165) is 4.31 Å². The molecule has 0 fully saturated rings. The van der Waals surface area contributed by atoms with Gasteiger partial charge in [-0.2, -0.15) is 4.31 Å². The van der Waals surface area contributed by atoms with E-state index in [9.17, 15) is 21.6 Å². The molecular formula is C24H28ClN3O6S2. The highest BCUT2D eigenvalue weighted by Gasteiger charge is 2.29. The molecular weight excluding hydrogens is 526 g/mol. The number of nitrogens with zero attached hydrogens (tertiary/aromatic N) is 2. The molecule has 9 nitrogen and oxygen atoms in total. The summed E-state index contributed by atoms with van der Waals surface area (Å²) in [4.78, 5) is 16.1. The number of halogens is 1. The molecule has 0 saturated carbocycles. The van der Waals surface area contributed by atoms with Crippen LogP contribution in [0.25, 0.3) is 10.8 Å². The Labute approximate surface area is 216 Å². The third-order valence-electron chi connectivity index (χ3n) is 5.08. The van der Waals surface area contributed by atoms with Crippen LogP contribution in [0.1, 0.15) is 20.8 Å². The average Bonchev–Trinajstić information content (AvgIpc) is 2.80. The van der Waals surface area contributed by atoms with Crippen molar-refractivity contribution in [1.82, 2.24) is 14.6 Å². The summed E-state index contributed by atoms with van der Waals surface area (Å²) in [6, 6.07) is 14.0. The molecule has 0 aliphatic rings. The first-order valence-corrected chi connectivity index (χ1v) is 14.6. The Kier molecular flexibility index (Phi) is 8.60. The van der Waals surface area contributed by atoms with Gasteiger partial charge in [-0.05, 0) is 45.0 Å². The number of nitrogens with one attached hydrogen (secondary N) is 1. The van der Waals surface area contributed by atoms with Gasteiger partial charge >= 0.3 is 6.09 Å². The number of rotatable bonds is 9. The lowest BCUT2D eigenvalue weighted by molar-refractivity contribution is 0.0525. The van der Waals surface area contributed by atoms with Crippen LogP contribution in [-0.2, 0) is 24.6 Å². The molecule has 0 unspecified atom stereocenters. The lowest BCUT2D eigenvalue weighted by atomic mass is 10.2. The molecule has 0 aliphatic heterocycles. The number of ether oxygens (including phenoxy) is 1. The van der Waals surface area contributed by atoms with Gasteiger partial charge in [0.15, 0.2) is 9.84 Å². The normalized spacial score (nSPS) is 12.6. The van der Waals surface area contributed by atoms with Crippen molar-refractivity contribution < 1.29 is 26.4 Å². The zero-order valence-corrected chi connectivity index (χ0v) is 22.5. The smallest absolute Gasteiger partial charge is 0.407 e. The van der Waals surface area contributed by atoms with Crippen molar-refractivity contribution in [3.63, 3.8) is 0 Å². The zero-order valence-electron chi connectivity index (χ0n) is 20.1. The van der Waals surface area contributed by atoms with Gasteiger partial charge in [0.1, 0.15) is 10.8 Å². The molecule has 12 heteroatoms. The molecule has 0 bridgehead atoms. The van der Waals surface area contributed by atoms with Crippen LogP contribution in [0.5, 0.6) is 0 Å². The van der Waals surface area contributed by atoms with E-state index in [4.69, 9.17) is 16.3 Å². The van der Waals surface area contributed by atoms with E-state index in [2.05, 4.69) is 10.3 Å². The van der Waals surface area contributed by atoms with Crippen molar-refractivity contribution >= 4 is 48.3 Å². The Morgan fingerprint density at radius 3 is 2.33 bits per heavy atom. The number of fused-ring (bicyclic) bond motifs is 1. The molecule has 1 aromatic heterocycles. The van der Waals surface area contributed by atoms with Gasteiger partial charge in [-0.15, -0.1) is 0 Å². The molecule has 36 heavy (non-hydrogen) atoms. The molecule has 0 saturated heterocycles. The summed E-state index contributed by atoms with van der Waals surface area (Å²) >= 11 is 6.16. The molecule has 0 spiro atoms. The molecule has 1 N–H and O–H groups in total. The van der Waals surface area contributed by atoms with Crippen LogP contribution >= 0.6 is 11.6 Å². The molecule has 194 valence electrons. The molecule has 0 atom stereocenters. The Bertz CT molecular complexity index is 1440. The highest BCUT2D eigenvalue weighted by molar-refractivity contribution is 7.91. The lowest BCUT2D eigenvalue weighted by Crippen LogP contribution is -2.42. The van der Waals surface area contributed by atoms with Crippen LogP contribution < -0.4 is 5.32 Å². The summed E-state index contributed by atoms with van der Waals surface area (Å²) in [7, 11) is -7.95. The fraction of sp³-hybridized carbons (Fsp3) is 0.333. The van der Waals surface area contributed by atoms with E-state index < -0.39 is 37.3 Å². The average molecular weight is 554 g/mol. The molecule has 3 rings (SSSR count). The number of carbonyl (C=O) groups excluding carboxylic acids is 1. The molecule has 0 radical (unpaired) electrons. The number of aromatic nitrogens is 1. The minimum atomic E-state index is -4.19. The van der Waals surface area contributed by atoms with Crippen molar-refractivity contribution in [3.05, 3.63) is 65.9 Å². The number of hydrogen-bond donors (Lipinski definition) is 1. The van der Waals surface area contributed by atoms with Gasteiger partial charge in [-0.3, -0.25) is 0 Å². The first kappa shape index (κ1) is 27.9. The maximum Gasteiger partial charge on any atom is 0.407 e. The summed E-state index contributed by atoms with van der Waals surface area (Å²) < 4.78 is 59.4. The number of carbonyl (C=O) groups is 1. The summed E-state index contributed by atoms with van der Waals surface area (Å²) in [6.45, 7) is 4.52. The van der Waals surface area contributed by atoms with E-state index in [1.807, 2.05) is 0 Å². The van der Waals surface area contributed by atoms with Crippen molar-refractivity contribution in [2.24, 2.45) is 0 Å². The third kappa shape index (κ3) is 6.94. The quantitative estimate of drug-likeness (QED) is 0.399. The number of hydrogen-bond acceptors (Lipinski definition) is 7. The van der Waals surface area contributed by atoms with Crippen LogP contribution in [0.2, 0.25) is 5.15 Å². The number of alkyl carbamates (subject to hydrolysis) is 1. The monoisotopic (exact) mass is 553 g/mol.